The topological polar surface area (TPSA) is 67.9 Å². The molecule has 6 heteroatoms. The summed E-state index contributed by atoms with van der Waals surface area (Å²) in [5, 5.41) is 2.89. The zero-order valence-electron chi connectivity index (χ0n) is 15.7. The number of benzene rings is 1. The fourth-order valence-electron chi connectivity index (χ4n) is 2.93. The molecular formula is C19H28N2O4. The van der Waals surface area contributed by atoms with Crippen molar-refractivity contribution in [2.75, 3.05) is 13.6 Å². The van der Waals surface area contributed by atoms with E-state index in [4.69, 9.17) is 9.47 Å². The van der Waals surface area contributed by atoms with Crippen molar-refractivity contribution in [3.05, 3.63) is 29.3 Å². The number of carbonyl (C=O) groups excluding carboxylic acids is 2. The van der Waals surface area contributed by atoms with Gasteiger partial charge in [-0.05, 0) is 51.7 Å². The minimum atomic E-state index is -0.555. The molecule has 1 atom stereocenters. The number of rotatable bonds is 4. The quantitative estimate of drug-likeness (QED) is 0.892. The predicted molar refractivity (Wildman–Crippen MR) is 95.8 cm³/mol. The highest BCUT2D eigenvalue weighted by atomic mass is 16.6. The SMILES string of the molecule is CCCN(C)C(=O)Oc1cccc2c1C(NC(=O)OC(C)(C)C)CC2. The summed E-state index contributed by atoms with van der Waals surface area (Å²) in [6.45, 7) is 8.11. The molecule has 0 aliphatic heterocycles. The summed E-state index contributed by atoms with van der Waals surface area (Å²) in [5.74, 6) is 0.504. The Labute approximate surface area is 149 Å². The van der Waals surface area contributed by atoms with E-state index in [0.29, 0.717) is 12.3 Å². The molecule has 2 amide bonds. The minimum Gasteiger partial charge on any atom is -0.444 e. The molecule has 1 aromatic carbocycles. The van der Waals surface area contributed by atoms with Gasteiger partial charge in [-0.25, -0.2) is 9.59 Å². The van der Waals surface area contributed by atoms with E-state index in [-0.39, 0.29) is 6.04 Å². The van der Waals surface area contributed by atoms with Crippen molar-refractivity contribution in [2.45, 2.75) is 58.6 Å². The van der Waals surface area contributed by atoms with Crippen LogP contribution in [0.25, 0.3) is 0 Å². The molecule has 1 aliphatic rings. The first kappa shape index (κ1) is 19.1. The van der Waals surface area contributed by atoms with Crippen LogP contribution in [0.3, 0.4) is 0 Å². The Bertz CT molecular complexity index is 637. The standard InChI is InChI=1S/C19H28N2O4/c1-6-12-21(5)18(23)24-15-9-7-8-13-10-11-14(16(13)15)20-17(22)25-19(2,3)4/h7-9,14H,6,10-12H2,1-5H3,(H,20,22). The first-order valence-corrected chi connectivity index (χ1v) is 8.75. The van der Waals surface area contributed by atoms with Crippen molar-refractivity contribution in [3.8, 4) is 5.75 Å². The number of amides is 2. The molecule has 1 aromatic rings. The van der Waals surface area contributed by atoms with Crippen molar-refractivity contribution >= 4 is 12.2 Å². The molecule has 1 unspecified atom stereocenters. The van der Waals surface area contributed by atoms with E-state index < -0.39 is 17.8 Å². The maximum Gasteiger partial charge on any atom is 0.414 e. The Morgan fingerprint density at radius 3 is 2.68 bits per heavy atom. The van der Waals surface area contributed by atoms with Gasteiger partial charge in [-0.15, -0.1) is 0 Å². The van der Waals surface area contributed by atoms with Gasteiger partial charge in [-0.1, -0.05) is 19.1 Å². The summed E-state index contributed by atoms with van der Waals surface area (Å²) in [7, 11) is 1.71. The van der Waals surface area contributed by atoms with Gasteiger partial charge in [-0.2, -0.15) is 0 Å². The maximum atomic E-state index is 12.2. The van der Waals surface area contributed by atoms with E-state index in [1.54, 1.807) is 18.0 Å². The number of aryl methyl sites for hydroxylation is 1. The number of alkyl carbamates (subject to hydrolysis) is 1. The van der Waals surface area contributed by atoms with Crippen molar-refractivity contribution in [3.63, 3.8) is 0 Å². The summed E-state index contributed by atoms with van der Waals surface area (Å²) in [5.41, 5.74) is 1.40. The molecular weight excluding hydrogens is 320 g/mol. The average Bonchev–Trinajstić information content (AvgIpc) is 2.89. The molecule has 2 rings (SSSR count). The van der Waals surface area contributed by atoms with Crippen LogP contribution in [0.5, 0.6) is 5.75 Å². The van der Waals surface area contributed by atoms with Crippen LogP contribution in [0.15, 0.2) is 18.2 Å². The molecule has 0 saturated carbocycles. The van der Waals surface area contributed by atoms with Crippen LogP contribution in [-0.4, -0.2) is 36.3 Å². The lowest BCUT2D eigenvalue weighted by Crippen LogP contribution is -2.35. The number of nitrogens with one attached hydrogen (secondary N) is 1. The van der Waals surface area contributed by atoms with Crippen molar-refractivity contribution in [1.82, 2.24) is 10.2 Å². The van der Waals surface area contributed by atoms with E-state index in [1.807, 2.05) is 39.8 Å². The van der Waals surface area contributed by atoms with E-state index >= 15 is 0 Å². The van der Waals surface area contributed by atoms with Gasteiger partial charge in [0, 0.05) is 19.2 Å². The Morgan fingerprint density at radius 2 is 2.04 bits per heavy atom. The van der Waals surface area contributed by atoms with Gasteiger partial charge in [0.05, 0.1) is 6.04 Å². The van der Waals surface area contributed by atoms with Crippen LogP contribution in [0.1, 0.15) is 57.7 Å². The highest BCUT2D eigenvalue weighted by molar-refractivity contribution is 5.72. The molecule has 0 aromatic heterocycles. The van der Waals surface area contributed by atoms with E-state index in [9.17, 15) is 9.59 Å². The molecule has 0 spiro atoms. The maximum absolute atomic E-state index is 12.2. The highest BCUT2D eigenvalue weighted by Crippen LogP contribution is 2.38. The lowest BCUT2D eigenvalue weighted by atomic mass is 10.1. The van der Waals surface area contributed by atoms with Crippen molar-refractivity contribution in [2.24, 2.45) is 0 Å². The van der Waals surface area contributed by atoms with Crippen LogP contribution in [-0.2, 0) is 11.2 Å². The molecule has 6 nitrogen and oxygen atoms in total. The molecule has 1 N–H and O–H groups in total. The molecule has 1 aliphatic carbocycles. The average molecular weight is 348 g/mol. The fraction of sp³-hybridized carbons (Fsp3) is 0.579. The third-order valence-electron chi connectivity index (χ3n) is 3.97. The van der Waals surface area contributed by atoms with Crippen molar-refractivity contribution < 1.29 is 19.1 Å². The molecule has 0 radical (unpaired) electrons. The third-order valence-corrected chi connectivity index (χ3v) is 3.97. The Hall–Kier alpha value is -2.24. The molecule has 0 fully saturated rings. The Kier molecular flexibility index (Phi) is 5.93. The van der Waals surface area contributed by atoms with Gasteiger partial charge in [-0.3, -0.25) is 0 Å². The molecule has 0 heterocycles. The first-order valence-electron chi connectivity index (χ1n) is 8.75. The number of fused-ring (bicyclic) bond motifs is 1. The van der Waals surface area contributed by atoms with Gasteiger partial charge in [0.25, 0.3) is 0 Å². The number of hydrogen-bond donors (Lipinski definition) is 1. The second kappa shape index (κ2) is 7.76. The number of carbonyl (C=O) groups is 2. The fourth-order valence-corrected chi connectivity index (χ4v) is 2.93. The van der Waals surface area contributed by atoms with E-state index in [2.05, 4.69) is 5.32 Å². The summed E-state index contributed by atoms with van der Waals surface area (Å²) < 4.78 is 10.9. The van der Waals surface area contributed by atoms with Crippen molar-refractivity contribution in [1.29, 1.82) is 0 Å². The Morgan fingerprint density at radius 1 is 1.32 bits per heavy atom. The number of ether oxygens (including phenoxy) is 2. The van der Waals surface area contributed by atoms with Gasteiger partial charge in [0.15, 0.2) is 0 Å². The molecule has 25 heavy (non-hydrogen) atoms. The van der Waals surface area contributed by atoms with E-state index in [0.717, 1.165) is 30.4 Å². The monoisotopic (exact) mass is 348 g/mol. The zero-order chi connectivity index (χ0) is 18.6. The van der Waals surface area contributed by atoms with Crippen LogP contribution in [0.2, 0.25) is 0 Å². The van der Waals surface area contributed by atoms with Crippen LogP contribution in [0, 0.1) is 0 Å². The van der Waals surface area contributed by atoms with Gasteiger partial charge in [0.1, 0.15) is 11.4 Å². The molecule has 0 saturated heterocycles. The smallest absolute Gasteiger partial charge is 0.414 e. The summed E-state index contributed by atoms with van der Waals surface area (Å²) in [6, 6.07) is 5.42. The van der Waals surface area contributed by atoms with Gasteiger partial charge in [0.2, 0.25) is 0 Å². The molecule has 0 bridgehead atoms. The first-order chi connectivity index (χ1) is 11.7. The highest BCUT2D eigenvalue weighted by Gasteiger charge is 2.30. The molecule has 138 valence electrons. The normalized spacial score (nSPS) is 16.1. The second-order valence-corrected chi connectivity index (χ2v) is 7.36. The summed E-state index contributed by atoms with van der Waals surface area (Å²) >= 11 is 0. The minimum absolute atomic E-state index is 0.217. The number of nitrogens with zero attached hydrogens (tertiary/aromatic N) is 1. The second-order valence-electron chi connectivity index (χ2n) is 7.36. The predicted octanol–water partition coefficient (Wildman–Crippen LogP) is 4.04. The van der Waals surface area contributed by atoms with Crippen LogP contribution in [0.4, 0.5) is 9.59 Å². The number of hydrogen-bond acceptors (Lipinski definition) is 4. The summed E-state index contributed by atoms with van der Waals surface area (Å²) in [4.78, 5) is 25.9. The van der Waals surface area contributed by atoms with E-state index in [1.165, 1.54) is 0 Å². The van der Waals surface area contributed by atoms with Crippen LogP contribution < -0.4 is 10.1 Å². The largest absolute Gasteiger partial charge is 0.444 e. The van der Waals surface area contributed by atoms with Crippen LogP contribution >= 0.6 is 0 Å². The van der Waals surface area contributed by atoms with Gasteiger partial charge < -0.3 is 19.7 Å². The van der Waals surface area contributed by atoms with Gasteiger partial charge >= 0.3 is 12.2 Å². The lowest BCUT2D eigenvalue weighted by Gasteiger charge is -2.23. The lowest BCUT2D eigenvalue weighted by molar-refractivity contribution is 0.0503. The Balaban J connectivity index is 2.14. The third kappa shape index (κ3) is 5.11. The zero-order valence-corrected chi connectivity index (χ0v) is 15.7. The summed E-state index contributed by atoms with van der Waals surface area (Å²) in [6.07, 6.45) is 1.59.